The van der Waals surface area contributed by atoms with E-state index in [-0.39, 0.29) is 11.4 Å². The van der Waals surface area contributed by atoms with E-state index in [1.165, 1.54) is 36.4 Å². The molecule has 4 heteroatoms. The van der Waals surface area contributed by atoms with Crippen LogP contribution in [0, 0.1) is 17.5 Å². The van der Waals surface area contributed by atoms with Gasteiger partial charge in [0.15, 0.2) is 11.6 Å². The summed E-state index contributed by atoms with van der Waals surface area (Å²) in [6, 6.07) is 9.59. The summed E-state index contributed by atoms with van der Waals surface area (Å²) < 4.78 is 39.3. The molecule has 0 amide bonds. The molecule has 88 valence electrons. The first-order valence-corrected chi connectivity index (χ1v) is 5.84. The molecule has 17 heavy (non-hydrogen) atoms. The van der Waals surface area contributed by atoms with Gasteiger partial charge in [0.05, 0.1) is 4.83 Å². The van der Waals surface area contributed by atoms with Crippen molar-refractivity contribution in [2.75, 3.05) is 0 Å². The minimum atomic E-state index is -0.894. The van der Waals surface area contributed by atoms with Crippen LogP contribution in [0.1, 0.15) is 16.0 Å². The second-order valence-corrected chi connectivity index (χ2v) is 4.47. The monoisotopic (exact) mass is 300 g/mol. The summed E-state index contributed by atoms with van der Waals surface area (Å²) in [5.74, 6) is -2.15. The van der Waals surface area contributed by atoms with Gasteiger partial charge < -0.3 is 0 Å². The van der Waals surface area contributed by atoms with Crippen LogP contribution in [0.4, 0.5) is 13.2 Å². The van der Waals surface area contributed by atoms with Crippen molar-refractivity contribution >= 4 is 15.9 Å². The highest BCUT2D eigenvalue weighted by Gasteiger charge is 2.17. The van der Waals surface area contributed by atoms with Crippen molar-refractivity contribution in [3.8, 4) is 0 Å². The van der Waals surface area contributed by atoms with Crippen LogP contribution in [0.25, 0.3) is 0 Å². The van der Waals surface area contributed by atoms with Gasteiger partial charge in [-0.05, 0) is 23.8 Å². The Kier molecular flexibility index (Phi) is 3.52. The van der Waals surface area contributed by atoms with Crippen LogP contribution in [-0.2, 0) is 0 Å². The van der Waals surface area contributed by atoms with Crippen LogP contribution in [0.2, 0.25) is 0 Å². The van der Waals surface area contributed by atoms with Crippen molar-refractivity contribution in [2.45, 2.75) is 4.83 Å². The molecule has 1 atom stereocenters. The number of benzene rings is 2. The van der Waals surface area contributed by atoms with Gasteiger partial charge in [0.1, 0.15) is 5.82 Å². The fraction of sp³-hybridized carbons (Fsp3) is 0.0769. The molecule has 0 saturated heterocycles. The van der Waals surface area contributed by atoms with Crippen molar-refractivity contribution in [3.63, 3.8) is 0 Å². The van der Waals surface area contributed by atoms with Crippen molar-refractivity contribution in [1.82, 2.24) is 0 Å². The van der Waals surface area contributed by atoms with Crippen LogP contribution in [0.3, 0.4) is 0 Å². The van der Waals surface area contributed by atoms with Crippen LogP contribution in [-0.4, -0.2) is 0 Å². The van der Waals surface area contributed by atoms with Crippen molar-refractivity contribution in [3.05, 3.63) is 71.0 Å². The Hall–Kier alpha value is -1.29. The molecule has 0 spiro atoms. The summed E-state index contributed by atoms with van der Waals surface area (Å²) in [6.07, 6.45) is 0. The third kappa shape index (κ3) is 2.52. The molecule has 0 N–H and O–H groups in total. The maximum atomic E-state index is 13.5. The Balaban J connectivity index is 2.40. The second-order valence-electron chi connectivity index (χ2n) is 3.56. The molecule has 0 bridgehead atoms. The fourth-order valence-corrected chi connectivity index (χ4v) is 2.19. The molecule has 0 saturated carbocycles. The summed E-state index contributed by atoms with van der Waals surface area (Å²) >= 11 is 3.27. The highest BCUT2D eigenvalue weighted by molar-refractivity contribution is 9.09. The number of alkyl halides is 1. The van der Waals surface area contributed by atoms with Crippen molar-refractivity contribution in [2.24, 2.45) is 0 Å². The first-order valence-electron chi connectivity index (χ1n) is 4.93. The molecule has 0 fully saturated rings. The smallest absolute Gasteiger partial charge is 0.163 e. The highest BCUT2D eigenvalue weighted by Crippen LogP contribution is 2.32. The number of hydrogen-bond acceptors (Lipinski definition) is 0. The van der Waals surface area contributed by atoms with Gasteiger partial charge >= 0.3 is 0 Å². The van der Waals surface area contributed by atoms with E-state index < -0.39 is 16.5 Å². The zero-order valence-corrected chi connectivity index (χ0v) is 10.2. The quantitative estimate of drug-likeness (QED) is 0.712. The summed E-state index contributed by atoms with van der Waals surface area (Å²) in [7, 11) is 0. The van der Waals surface area contributed by atoms with Crippen LogP contribution in [0.15, 0.2) is 42.5 Å². The lowest BCUT2D eigenvalue weighted by molar-refractivity contribution is 0.500. The topological polar surface area (TPSA) is 0 Å². The Labute approximate surface area is 105 Å². The molecule has 0 nitrogen and oxygen atoms in total. The van der Waals surface area contributed by atoms with Gasteiger partial charge in [-0.15, -0.1) is 0 Å². The molecule has 0 radical (unpaired) electrons. The average molecular weight is 301 g/mol. The SMILES string of the molecule is Fc1ccc(C(Br)c2cccc(F)c2F)cc1. The van der Waals surface area contributed by atoms with Crippen LogP contribution >= 0.6 is 15.9 Å². The lowest BCUT2D eigenvalue weighted by atomic mass is 10.0. The highest BCUT2D eigenvalue weighted by atomic mass is 79.9. The Morgan fingerprint density at radius 3 is 2.18 bits per heavy atom. The first-order chi connectivity index (χ1) is 8.09. The third-order valence-corrected chi connectivity index (χ3v) is 3.44. The summed E-state index contributed by atoms with van der Waals surface area (Å²) in [5, 5.41) is 0. The molecule has 0 aliphatic rings. The Bertz CT molecular complexity index is 523. The van der Waals surface area contributed by atoms with Gasteiger partial charge in [-0.2, -0.15) is 0 Å². The lowest BCUT2D eigenvalue weighted by Gasteiger charge is -2.11. The van der Waals surface area contributed by atoms with Crippen LogP contribution in [0.5, 0.6) is 0 Å². The minimum Gasteiger partial charge on any atom is -0.207 e. The zero-order chi connectivity index (χ0) is 12.4. The average Bonchev–Trinajstić information content (AvgIpc) is 2.33. The largest absolute Gasteiger partial charge is 0.207 e. The van der Waals surface area contributed by atoms with Crippen molar-refractivity contribution in [1.29, 1.82) is 0 Å². The second kappa shape index (κ2) is 4.92. The predicted octanol–water partition coefficient (Wildman–Crippen LogP) is 4.59. The Morgan fingerprint density at radius 2 is 1.53 bits per heavy atom. The third-order valence-electron chi connectivity index (χ3n) is 2.42. The van der Waals surface area contributed by atoms with Crippen LogP contribution < -0.4 is 0 Å². The standard InChI is InChI=1S/C13H8BrF3/c14-12(8-4-6-9(15)7-5-8)10-2-1-3-11(16)13(10)17/h1-7,12H. The summed E-state index contributed by atoms with van der Waals surface area (Å²) in [4.78, 5) is -0.501. The van der Waals surface area contributed by atoms with Crippen molar-refractivity contribution < 1.29 is 13.2 Å². The van der Waals surface area contributed by atoms with E-state index in [2.05, 4.69) is 15.9 Å². The van der Waals surface area contributed by atoms with Gasteiger partial charge in [-0.25, -0.2) is 13.2 Å². The van der Waals surface area contributed by atoms with E-state index in [4.69, 9.17) is 0 Å². The first kappa shape index (κ1) is 12.2. The molecule has 0 heterocycles. The normalized spacial score (nSPS) is 12.5. The number of halogens is 4. The molecule has 2 rings (SSSR count). The summed E-state index contributed by atoms with van der Waals surface area (Å²) in [5.41, 5.74) is 0.854. The van der Waals surface area contributed by atoms with Gasteiger partial charge in [0.25, 0.3) is 0 Å². The predicted molar refractivity (Wildman–Crippen MR) is 63.5 cm³/mol. The molecular weight excluding hydrogens is 293 g/mol. The molecule has 1 unspecified atom stereocenters. The van der Waals surface area contributed by atoms with E-state index in [0.29, 0.717) is 5.56 Å². The van der Waals surface area contributed by atoms with Gasteiger partial charge in [0.2, 0.25) is 0 Å². The van der Waals surface area contributed by atoms with Gasteiger partial charge in [0, 0.05) is 5.56 Å². The van der Waals surface area contributed by atoms with E-state index in [1.54, 1.807) is 0 Å². The molecule has 2 aromatic carbocycles. The number of rotatable bonds is 2. The van der Waals surface area contributed by atoms with Gasteiger partial charge in [-0.3, -0.25) is 0 Å². The van der Waals surface area contributed by atoms with Gasteiger partial charge in [-0.1, -0.05) is 40.2 Å². The van der Waals surface area contributed by atoms with E-state index in [9.17, 15) is 13.2 Å². The van der Waals surface area contributed by atoms with E-state index in [0.717, 1.165) is 6.07 Å². The Morgan fingerprint density at radius 1 is 0.882 bits per heavy atom. The molecule has 0 aromatic heterocycles. The minimum absolute atomic E-state index is 0.191. The van der Waals surface area contributed by atoms with E-state index >= 15 is 0 Å². The molecule has 0 aliphatic carbocycles. The maximum absolute atomic E-state index is 13.5. The molecule has 2 aromatic rings. The van der Waals surface area contributed by atoms with E-state index in [1.807, 2.05) is 0 Å². The fourth-order valence-electron chi connectivity index (χ4n) is 1.53. The molecular formula is C13H8BrF3. The lowest BCUT2D eigenvalue weighted by Crippen LogP contribution is -1.98. The zero-order valence-electron chi connectivity index (χ0n) is 8.63. The number of hydrogen-bond donors (Lipinski definition) is 0. The molecule has 0 aliphatic heterocycles. The maximum Gasteiger partial charge on any atom is 0.163 e. The summed E-state index contributed by atoms with van der Waals surface area (Å²) in [6.45, 7) is 0.